The average molecular weight is 400 g/mol. The Morgan fingerprint density at radius 2 is 2.24 bits per heavy atom. The van der Waals surface area contributed by atoms with Gasteiger partial charge in [0.15, 0.2) is 0 Å². The SMILES string of the molecule is O=C(CCCC[C@@H]1CCSS1)NCCn1c(=O)[nH]c2ccsc2c1=O. The lowest BCUT2D eigenvalue weighted by atomic mass is 10.1. The molecule has 1 amide bonds. The van der Waals surface area contributed by atoms with Crippen molar-refractivity contribution in [3.8, 4) is 0 Å². The zero-order valence-electron chi connectivity index (χ0n) is 13.8. The van der Waals surface area contributed by atoms with Gasteiger partial charge in [-0.3, -0.25) is 14.2 Å². The van der Waals surface area contributed by atoms with Crippen LogP contribution in [-0.4, -0.2) is 33.0 Å². The predicted octanol–water partition coefficient (Wildman–Crippen LogP) is 2.58. The molecule has 2 aromatic rings. The Morgan fingerprint density at radius 3 is 3.04 bits per heavy atom. The van der Waals surface area contributed by atoms with E-state index in [4.69, 9.17) is 0 Å². The Labute approximate surface area is 157 Å². The van der Waals surface area contributed by atoms with Gasteiger partial charge in [-0.1, -0.05) is 28.0 Å². The van der Waals surface area contributed by atoms with E-state index >= 15 is 0 Å². The average Bonchev–Trinajstić information content (AvgIpc) is 3.26. The van der Waals surface area contributed by atoms with Crippen LogP contribution >= 0.6 is 32.9 Å². The van der Waals surface area contributed by atoms with Gasteiger partial charge in [-0.2, -0.15) is 0 Å². The van der Waals surface area contributed by atoms with Crippen LogP contribution in [0.1, 0.15) is 32.1 Å². The minimum Gasteiger partial charge on any atom is -0.354 e. The minimum absolute atomic E-state index is 0.0184. The number of amides is 1. The van der Waals surface area contributed by atoms with Crippen molar-refractivity contribution in [2.24, 2.45) is 0 Å². The third-order valence-electron chi connectivity index (χ3n) is 4.16. The number of carbonyl (C=O) groups is 1. The van der Waals surface area contributed by atoms with Gasteiger partial charge < -0.3 is 10.3 Å². The first kappa shape index (κ1) is 18.6. The summed E-state index contributed by atoms with van der Waals surface area (Å²) in [7, 11) is 3.91. The third-order valence-corrected chi connectivity index (χ3v) is 8.07. The maximum atomic E-state index is 12.3. The standard InChI is InChI=1S/C16H21N3O3S3/c20-13(4-2-1-3-11-5-10-24-25-11)17-7-8-19-15(21)14-12(6-9-23-14)18-16(19)22/h6,9,11H,1-5,7-8,10H2,(H,17,20)(H,18,22)/t11-/m1/s1. The van der Waals surface area contributed by atoms with E-state index < -0.39 is 5.69 Å². The van der Waals surface area contributed by atoms with Crippen LogP contribution in [0.15, 0.2) is 21.0 Å². The molecular formula is C16H21N3O3S3. The van der Waals surface area contributed by atoms with Crippen molar-refractivity contribution in [1.82, 2.24) is 14.9 Å². The maximum Gasteiger partial charge on any atom is 0.328 e. The van der Waals surface area contributed by atoms with Crippen LogP contribution in [0.5, 0.6) is 0 Å². The summed E-state index contributed by atoms with van der Waals surface area (Å²) in [6.07, 6.45) is 4.91. The number of fused-ring (bicyclic) bond motifs is 1. The number of rotatable bonds is 8. The monoisotopic (exact) mass is 399 g/mol. The van der Waals surface area contributed by atoms with Crippen molar-refractivity contribution in [3.05, 3.63) is 32.3 Å². The normalized spacial score (nSPS) is 17.2. The number of carbonyl (C=O) groups excluding carboxylic acids is 1. The number of H-pyrrole nitrogens is 1. The zero-order valence-corrected chi connectivity index (χ0v) is 16.2. The van der Waals surface area contributed by atoms with E-state index in [9.17, 15) is 14.4 Å². The fourth-order valence-corrected chi connectivity index (χ4v) is 6.62. The summed E-state index contributed by atoms with van der Waals surface area (Å²) in [4.78, 5) is 38.8. The summed E-state index contributed by atoms with van der Waals surface area (Å²) < 4.78 is 1.68. The Bertz CT molecular complexity index is 836. The Morgan fingerprint density at radius 1 is 1.36 bits per heavy atom. The molecule has 0 bridgehead atoms. The lowest BCUT2D eigenvalue weighted by Gasteiger charge is -2.08. The molecule has 0 radical (unpaired) electrons. The molecule has 0 saturated carbocycles. The molecule has 1 saturated heterocycles. The molecule has 136 valence electrons. The fraction of sp³-hybridized carbons (Fsp3) is 0.562. The van der Waals surface area contributed by atoms with Crippen LogP contribution in [0.2, 0.25) is 0 Å². The smallest absolute Gasteiger partial charge is 0.328 e. The van der Waals surface area contributed by atoms with E-state index in [1.54, 1.807) is 11.4 Å². The van der Waals surface area contributed by atoms with Crippen molar-refractivity contribution in [2.45, 2.75) is 43.9 Å². The van der Waals surface area contributed by atoms with Gasteiger partial charge in [-0.15, -0.1) is 11.3 Å². The lowest BCUT2D eigenvalue weighted by molar-refractivity contribution is -0.121. The van der Waals surface area contributed by atoms with Crippen LogP contribution in [0.25, 0.3) is 10.2 Å². The molecule has 25 heavy (non-hydrogen) atoms. The summed E-state index contributed by atoms with van der Waals surface area (Å²) >= 11 is 1.31. The van der Waals surface area contributed by atoms with Crippen molar-refractivity contribution >= 4 is 49.0 Å². The molecule has 6 nitrogen and oxygen atoms in total. The molecule has 3 heterocycles. The molecule has 2 aromatic heterocycles. The van der Waals surface area contributed by atoms with E-state index in [0.717, 1.165) is 22.7 Å². The van der Waals surface area contributed by atoms with Crippen LogP contribution in [0, 0.1) is 0 Å². The van der Waals surface area contributed by atoms with E-state index in [2.05, 4.69) is 10.3 Å². The summed E-state index contributed by atoms with van der Waals surface area (Å²) in [6, 6.07) is 1.72. The van der Waals surface area contributed by atoms with E-state index in [1.807, 2.05) is 21.6 Å². The van der Waals surface area contributed by atoms with Gasteiger partial charge in [0.1, 0.15) is 4.70 Å². The quantitative estimate of drug-likeness (QED) is 0.526. The first-order valence-electron chi connectivity index (χ1n) is 8.40. The summed E-state index contributed by atoms with van der Waals surface area (Å²) in [6.45, 7) is 0.470. The molecule has 1 aliphatic heterocycles. The van der Waals surface area contributed by atoms with E-state index in [0.29, 0.717) is 16.6 Å². The molecule has 2 N–H and O–H groups in total. The third kappa shape index (κ3) is 4.92. The molecular weight excluding hydrogens is 378 g/mol. The number of aromatic nitrogens is 2. The summed E-state index contributed by atoms with van der Waals surface area (Å²) in [5.41, 5.74) is -0.161. The second-order valence-electron chi connectivity index (χ2n) is 5.97. The first-order chi connectivity index (χ1) is 12.1. The molecule has 1 atom stereocenters. The Kier molecular flexibility index (Phi) is 6.66. The molecule has 0 aliphatic carbocycles. The molecule has 1 fully saturated rings. The highest BCUT2D eigenvalue weighted by atomic mass is 33.1. The second kappa shape index (κ2) is 8.95. The Balaban J connectivity index is 1.41. The molecule has 0 aromatic carbocycles. The van der Waals surface area contributed by atoms with Crippen LogP contribution in [0.3, 0.4) is 0 Å². The van der Waals surface area contributed by atoms with Crippen LogP contribution in [-0.2, 0) is 11.3 Å². The largest absolute Gasteiger partial charge is 0.354 e. The van der Waals surface area contributed by atoms with Crippen molar-refractivity contribution in [1.29, 1.82) is 0 Å². The Hall–Kier alpha value is -1.19. The van der Waals surface area contributed by atoms with Gasteiger partial charge in [-0.25, -0.2) is 4.79 Å². The molecule has 0 unspecified atom stereocenters. The number of unbranched alkanes of at least 4 members (excludes halogenated alkanes) is 1. The molecule has 3 rings (SSSR count). The van der Waals surface area contributed by atoms with Gasteiger partial charge in [-0.05, 0) is 30.7 Å². The number of nitrogens with one attached hydrogen (secondary N) is 2. The van der Waals surface area contributed by atoms with E-state index in [1.165, 1.54) is 29.9 Å². The van der Waals surface area contributed by atoms with Crippen molar-refractivity contribution in [2.75, 3.05) is 12.3 Å². The van der Waals surface area contributed by atoms with Gasteiger partial charge >= 0.3 is 5.69 Å². The summed E-state index contributed by atoms with van der Waals surface area (Å²) in [5, 5.41) is 5.32. The van der Waals surface area contributed by atoms with Gasteiger partial charge in [0.05, 0.1) is 5.52 Å². The van der Waals surface area contributed by atoms with Gasteiger partial charge in [0, 0.05) is 30.5 Å². The molecule has 9 heteroatoms. The van der Waals surface area contributed by atoms with E-state index in [-0.39, 0.29) is 24.6 Å². The highest BCUT2D eigenvalue weighted by Gasteiger charge is 2.15. The fourth-order valence-electron chi connectivity index (χ4n) is 2.79. The zero-order chi connectivity index (χ0) is 17.6. The summed E-state index contributed by atoms with van der Waals surface area (Å²) in [5.74, 6) is 1.22. The maximum absolute atomic E-state index is 12.3. The number of thiophene rings is 1. The predicted molar refractivity (Wildman–Crippen MR) is 107 cm³/mol. The number of hydrogen-bond donors (Lipinski definition) is 2. The second-order valence-corrected chi connectivity index (χ2v) is 9.68. The van der Waals surface area contributed by atoms with Gasteiger partial charge in [0.2, 0.25) is 5.91 Å². The minimum atomic E-state index is -0.433. The highest BCUT2D eigenvalue weighted by Crippen LogP contribution is 2.39. The first-order valence-corrected chi connectivity index (χ1v) is 11.7. The van der Waals surface area contributed by atoms with Gasteiger partial charge in [0.25, 0.3) is 5.56 Å². The highest BCUT2D eigenvalue weighted by molar-refractivity contribution is 8.77. The van der Waals surface area contributed by atoms with Crippen LogP contribution in [0.4, 0.5) is 0 Å². The number of hydrogen-bond acceptors (Lipinski definition) is 6. The topological polar surface area (TPSA) is 84.0 Å². The lowest BCUT2D eigenvalue weighted by Crippen LogP contribution is -2.38. The number of nitrogens with zero attached hydrogens (tertiary/aromatic N) is 1. The molecule has 1 aliphatic rings. The van der Waals surface area contributed by atoms with Crippen molar-refractivity contribution < 1.29 is 4.79 Å². The molecule has 0 spiro atoms. The van der Waals surface area contributed by atoms with Crippen molar-refractivity contribution in [3.63, 3.8) is 0 Å². The number of aromatic amines is 1. The van der Waals surface area contributed by atoms with Crippen LogP contribution < -0.4 is 16.6 Å².